The van der Waals surface area contributed by atoms with Gasteiger partial charge < -0.3 is 9.47 Å². The molecule has 3 heteroatoms. The zero-order chi connectivity index (χ0) is 9.68. The molecule has 0 heterocycles. The SMILES string of the molecule is CCOc1cccc(OC(C)=O)c1. The number of rotatable bonds is 3. The van der Waals surface area contributed by atoms with Gasteiger partial charge in [-0.05, 0) is 19.1 Å². The molecule has 1 aromatic rings. The Labute approximate surface area is 77.3 Å². The molecule has 0 N–H and O–H groups in total. The smallest absolute Gasteiger partial charge is 0.308 e. The van der Waals surface area contributed by atoms with Gasteiger partial charge >= 0.3 is 5.97 Å². The van der Waals surface area contributed by atoms with Gasteiger partial charge in [-0.2, -0.15) is 0 Å². The molecule has 0 spiro atoms. The minimum absolute atomic E-state index is 0.325. The van der Waals surface area contributed by atoms with Gasteiger partial charge in [-0.25, -0.2) is 0 Å². The van der Waals surface area contributed by atoms with Crippen LogP contribution < -0.4 is 9.47 Å². The van der Waals surface area contributed by atoms with Crippen molar-refractivity contribution in [3.8, 4) is 11.5 Å². The van der Waals surface area contributed by atoms with E-state index in [0.29, 0.717) is 18.1 Å². The second kappa shape index (κ2) is 4.50. The van der Waals surface area contributed by atoms with Crippen LogP contribution in [0.2, 0.25) is 0 Å². The van der Waals surface area contributed by atoms with Crippen molar-refractivity contribution in [3.63, 3.8) is 0 Å². The highest BCUT2D eigenvalue weighted by atomic mass is 16.5. The standard InChI is InChI=1S/C10H12O3/c1-3-12-9-5-4-6-10(7-9)13-8(2)11/h4-7H,3H2,1-2H3. The molecule has 1 rings (SSSR count). The maximum atomic E-state index is 10.6. The van der Waals surface area contributed by atoms with E-state index in [0.717, 1.165) is 0 Å². The fraction of sp³-hybridized carbons (Fsp3) is 0.300. The number of benzene rings is 1. The molecular formula is C10H12O3. The van der Waals surface area contributed by atoms with E-state index in [9.17, 15) is 4.79 Å². The molecule has 0 aliphatic heterocycles. The van der Waals surface area contributed by atoms with E-state index < -0.39 is 0 Å². The third kappa shape index (κ3) is 3.15. The van der Waals surface area contributed by atoms with E-state index in [1.165, 1.54) is 6.92 Å². The second-order valence-electron chi connectivity index (χ2n) is 2.50. The van der Waals surface area contributed by atoms with Crippen LogP contribution in [0.15, 0.2) is 24.3 Å². The van der Waals surface area contributed by atoms with Crippen LogP contribution in [0.3, 0.4) is 0 Å². The number of hydrogen-bond acceptors (Lipinski definition) is 3. The van der Waals surface area contributed by atoms with Gasteiger partial charge in [0.15, 0.2) is 0 Å². The summed E-state index contributed by atoms with van der Waals surface area (Å²) in [5.74, 6) is 0.897. The summed E-state index contributed by atoms with van der Waals surface area (Å²) in [6.07, 6.45) is 0. The summed E-state index contributed by atoms with van der Waals surface area (Å²) < 4.78 is 10.1. The lowest BCUT2D eigenvalue weighted by atomic mass is 10.3. The monoisotopic (exact) mass is 180 g/mol. The molecule has 70 valence electrons. The summed E-state index contributed by atoms with van der Waals surface area (Å²) in [6.45, 7) is 3.87. The molecule has 0 atom stereocenters. The third-order valence-electron chi connectivity index (χ3n) is 1.38. The van der Waals surface area contributed by atoms with E-state index in [-0.39, 0.29) is 5.97 Å². The molecule has 1 aromatic carbocycles. The zero-order valence-electron chi connectivity index (χ0n) is 7.74. The molecule has 0 radical (unpaired) electrons. The summed E-state index contributed by atoms with van der Waals surface area (Å²) >= 11 is 0. The molecular weight excluding hydrogens is 168 g/mol. The average molecular weight is 180 g/mol. The molecule has 0 aromatic heterocycles. The number of ether oxygens (including phenoxy) is 2. The van der Waals surface area contributed by atoms with Gasteiger partial charge in [-0.15, -0.1) is 0 Å². The number of carbonyl (C=O) groups excluding carboxylic acids is 1. The molecule has 0 aliphatic carbocycles. The van der Waals surface area contributed by atoms with Gasteiger partial charge in [0.2, 0.25) is 0 Å². The Morgan fingerprint density at radius 3 is 2.69 bits per heavy atom. The maximum Gasteiger partial charge on any atom is 0.308 e. The van der Waals surface area contributed by atoms with Crippen LogP contribution >= 0.6 is 0 Å². The maximum absolute atomic E-state index is 10.6. The van der Waals surface area contributed by atoms with Crippen LogP contribution in [0.5, 0.6) is 11.5 Å². The topological polar surface area (TPSA) is 35.5 Å². The first-order chi connectivity index (χ1) is 6.22. The summed E-state index contributed by atoms with van der Waals surface area (Å²) in [4.78, 5) is 10.6. The fourth-order valence-corrected chi connectivity index (χ4v) is 0.960. The van der Waals surface area contributed by atoms with E-state index in [1.807, 2.05) is 13.0 Å². The molecule has 0 amide bonds. The van der Waals surface area contributed by atoms with Crippen LogP contribution in [-0.2, 0) is 4.79 Å². The van der Waals surface area contributed by atoms with Crippen molar-refractivity contribution in [1.29, 1.82) is 0 Å². The first kappa shape index (κ1) is 9.58. The van der Waals surface area contributed by atoms with Crippen LogP contribution in [0, 0.1) is 0 Å². The van der Waals surface area contributed by atoms with Gasteiger partial charge in [0, 0.05) is 13.0 Å². The predicted molar refractivity (Wildman–Crippen MR) is 48.9 cm³/mol. The minimum Gasteiger partial charge on any atom is -0.494 e. The Morgan fingerprint density at radius 2 is 2.08 bits per heavy atom. The zero-order valence-corrected chi connectivity index (χ0v) is 7.74. The van der Waals surface area contributed by atoms with Crippen LogP contribution in [0.25, 0.3) is 0 Å². The number of esters is 1. The normalized spacial score (nSPS) is 9.38. The van der Waals surface area contributed by atoms with E-state index in [4.69, 9.17) is 9.47 Å². The Hall–Kier alpha value is -1.51. The van der Waals surface area contributed by atoms with Gasteiger partial charge in [-0.3, -0.25) is 4.79 Å². The van der Waals surface area contributed by atoms with Crippen LogP contribution in [0.1, 0.15) is 13.8 Å². The van der Waals surface area contributed by atoms with Crippen molar-refractivity contribution in [2.75, 3.05) is 6.61 Å². The number of hydrogen-bond donors (Lipinski definition) is 0. The highest BCUT2D eigenvalue weighted by molar-refractivity contribution is 5.69. The Bertz CT molecular complexity index is 294. The van der Waals surface area contributed by atoms with Crippen molar-refractivity contribution < 1.29 is 14.3 Å². The van der Waals surface area contributed by atoms with Crippen molar-refractivity contribution >= 4 is 5.97 Å². The Balaban J connectivity index is 2.73. The Morgan fingerprint density at radius 1 is 1.38 bits per heavy atom. The largest absolute Gasteiger partial charge is 0.494 e. The van der Waals surface area contributed by atoms with E-state index >= 15 is 0 Å². The summed E-state index contributed by atoms with van der Waals surface area (Å²) in [6, 6.07) is 6.99. The van der Waals surface area contributed by atoms with E-state index in [2.05, 4.69) is 0 Å². The van der Waals surface area contributed by atoms with E-state index in [1.54, 1.807) is 18.2 Å². The van der Waals surface area contributed by atoms with Crippen molar-refractivity contribution in [3.05, 3.63) is 24.3 Å². The van der Waals surface area contributed by atoms with Gasteiger partial charge in [0.25, 0.3) is 0 Å². The third-order valence-corrected chi connectivity index (χ3v) is 1.38. The molecule has 3 nitrogen and oxygen atoms in total. The van der Waals surface area contributed by atoms with Crippen molar-refractivity contribution in [2.45, 2.75) is 13.8 Å². The van der Waals surface area contributed by atoms with Crippen LogP contribution in [-0.4, -0.2) is 12.6 Å². The lowest BCUT2D eigenvalue weighted by Crippen LogP contribution is -2.01. The fourth-order valence-electron chi connectivity index (χ4n) is 0.960. The highest BCUT2D eigenvalue weighted by Crippen LogP contribution is 2.19. The molecule has 13 heavy (non-hydrogen) atoms. The summed E-state index contributed by atoms with van der Waals surface area (Å²) in [5, 5.41) is 0. The summed E-state index contributed by atoms with van der Waals surface area (Å²) in [5.41, 5.74) is 0. The predicted octanol–water partition coefficient (Wildman–Crippen LogP) is 2.01. The van der Waals surface area contributed by atoms with Crippen LogP contribution in [0.4, 0.5) is 0 Å². The van der Waals surface area contributed by atoms with Gasteiger partial charge in [0.05, 0.1) is 6.61 Å². The molecule has 0 saturated carbocycles. The average Bonchev–Trinajstić information content (AvgIpc) is 2.04. The molecule has 0 bridgehead atoms. The minimum atomic E-state index is -0.325. The first-order valence-electron chi connectivity index (χ1n) is 4.13. The molecule has 0 saturated heterocycles. The highest BCUT2D eigenvalue weighted by Gasteiger charge is 1.99. The lowest BCUT2D eigenvalue weighted by Gasteiger charge is -2.04. The molecule has 0 fully saturated rings. The second-order valence-corrected chi connectivity index (χ2v) is 2.50. The van der Waals surface area contributed by atoms with Gasteiger partial charge in [-0.1, -0.05) is 6.07 Å². The Kier molecular flexibility index (Phi) is 3.31. The lowest BCUT2D eigenvalue weighted by molar-refractivity contribution is -0.131. The number of carbonyl (C=O) groups is 1. The van der Waals surface area contributed by atoms with Gasteiger partial charge in [0.1, 0.15) is 11.5 Å². The van der Waals surface area contributed by atoms with Crippen molar-refractivity contribution in [2.24, 2.45) is 0 Å². The summed E-state index contributed by atoms with van der Waals surface area (Å²) in [7, 11) is 0. The molecule has 0 unspecified atom stereocenters. The quantitative estimate of drug-likeness (QED) is 0.527. The van der Waals surface area contributed by atoms with Crippen molar-refractivity contribution in [1.82, 2.24) is 0 Å². The molecule has 0 aliphatic rings. The first-order valence-corrected chi connectivity index (χ1v) is 4.13.